The molecule has 69 heavy (non-hydrogen) atoms. The van der Waals surface area contributed by atoms with E-state index in [0.717, 1.165) is 6.42 Å². The average molecular weight is 921 g/mol. The van der Waals surface area contributed by atoms with Crippen molar-refractivity contribution in [1.29, 1.82) is 0 Å². The van der Waals surface area contributed by atoms with Gasteiger partial charge in [0.1, 0.15) is 0 Å². The number of fused-ring (bicyclic) bond motifs is 7. The maximum Gasteiger partial charge on any atom is 0.264 e. The van der Waals surface area contributed by atoms with E-state index in [4.69, 9.17) is 0 Å². The van der Waals surface area contributed by atoms with Crippen molar-refractivity contribution in [2.24, 2.45) is 0 Å². The Kier molecular flexibility index (Phi) is 10.3. The van der Waals surface area contributed by atoms with Crippen molar-refractivity contribution < 1.29 is 0 Å². The predicted molar refractivity (Wildman–Crippen MR) is 303 cm³/mol. The number of rotatable bonds is 4. The van der Waals surface area contributed by atoms with Crippen LogP contribution >= 0.6 is 11.3 Å². The van der Waals surface area contributed by atoms with Gasteiger partial charge in [-0.3, -0.25) is 0 Å². The minimum atomic E-state index is -0.0454. The van der Waals surface area contributed by atoms with Crippen LogP contribution in [0.4, 0.5) is 34.1 Å². The highest BCUT2D eigenvalue weighted by atomic mass is 32.1. The number of hydrogen-bond acceptors (Lipinski definition) is 3. The van der Waals surface area contributed by atoms with Gasteiger partial charge in [-0.25, -0.2) is 0 Å². The maximum absolute atomic E-state index is 2.72. The van der Waals surface area contributed by atoms with Crippen LogP contribution in [-0.4, -0.2) is 6.71 Å². The molecule has 0 unspecified atom stereocenters. The van der Waals surface area contributed by atoms with E-state index >= 15 is 0 Å². The molecular formula is C65H69BN2S. The molecular weight excluding hydrogens is 852 g/mol. The van der Waals surface area contributed by atoms with E-state index in [1.54, 1.807) is 0 Å². The van der Waals surface area contributed by atoms with Crippen molar-refractivity contribution in [1.82, 2.24) is 0 Å². The van der Waals surface area contributed by atoms with Gasteiger partial charge >= 0.3 is 0 Å². The zero-order valence-electron chi connectivity index (χ0n) is 43.6. The fraction of sp³-hybridized carbons (Fsp3) is 0.323. The largest absolute Gasteiger partial charge is 0.311 e. The number of aryl methyl sites for hydroxylation is 1. The molecule has 348 valence electrons. The third kappa shape index (κ3) is 7.42. The van der Waals surface area contributed by atoms with Crippen molar-refractivity contribution >= 4 is 78.0 Å². The minimum Gasteiger partial charge on any atom is -0.311 e. The van der Waals surface area contributed by atoms with Gasteiger partial charge in [0, 0.05) is 43.2 Å². The van der Waals surface area contributed by atoms with Crippen LogP contribution in [0.5, 0.6) is 0 Å². The lowest BCUT2D eigenvalue weighted by Gasteiger charge is -2.45. The maximum atomic E-state index is 2.72. The molecule has 2 aliphatic heterocycles. The van der Waals surface area contributed by atoms with Gasteiger partial charge in [0.05, 0.1) is 11.4 Å². The van der Waals surface area contributed by atoms with Crippen molar-refractivity contribution in [2.45, 2.75) is 137 Å². The molecule has 0 radical (unpaired) electrons. The lowest BCUT2D eigenvalue weighted by molar-refractivity contribution is 0.332. The summed E-state index contributed by atoms with van der Waals surface area (Å²) in [5.74, 6) is 0. The molecule has 1 aliphatic carbocycles. The second kappa shape index (κ2) is 15.6. The lowest BCUT2D eigenvalue weighted by atomic mass is 9.36. The Hall–Kier alpha value is -5.84. The van der Waals surface area contributed by atoms with Crippen LogP contribution in [0.15, 0.2) is 140 Å². The molecule has 0 N–H and O–H groups in total. The highest BCUT2D eigenvalue weighted by Gasteiger charge is 2.47. The van der Waals surface area contributed by atoms with E-state index < -0.39 is 0 Å². The summed E-state index contributed by atoms with van der Waals surface area (Å²) < 4.78 is 2.76. The average Bonchev–Trinajstić information content (AvgIpc) is 3.68. The molecule has 2 nitrogen and oxygen atoms in total. The highest BCUT2D eigenvalue weighted by Crippen LogP contribution is 2.54. The molecule has 0 spiro atoms. The first-order chi connectivity index (χ1) is 32.5. The van der Waals surface area contributed by atoms with Crippen LogP contribution in [0, 0.1) is 6.92 Å². The topological polar surface area (TPSA) is 6.48 Å². The summed E-state index contributed by atoms with van der Waals surface area (Å²) in [6.07, 6.45) is 2.35. The van der Waals surface area contributed by atoms with Crippen molar-refractivity contribution in [3.05, 3.63) is 173 Å². The third-order valence-corrected chi connectivity index (χ3v) is 17.4. The standard InChI is InChI=1S/C65H69BN2S/c1-40-20-18-19-23-47(40)42-34-55-58-56(35-42)68(53-29-24-43(61(2,3)4)36-48(53)41-21-16-15-17-22-41)54-30-25-45(63(8,9)10)38-52(54)66(58)60-59(49-37-44(62(5,6)7)26-31-57(49)69-60)67(55)46-27-28-50-51(39-46)65(13,14)33-32-64(50,11)12/h15-31,34-39H,32-33H2,1-14H3. The first-order valence-electron chi connectivity index (χ1n) is 25.4. The molecule has 8 aromatic rings. The first kappa shape index (κ1) is 45.6. The molecule has 0 bridgehead atoms. The fourth-order valence-corrected chi connectivity index (χ4v) is 13.1. The summed E-state index contributed by atoms with van der Waals surface area (Å²) in [6.45, 7) is 33.3. The van der Waals surface area contributed by atoms with Crippen LogP contribution in [0.25, 0.3) is 32.3 Å². The molecule has 7 aromatic carbocycles. The Morgan fingerprint density at radius 3 is 1.74 bits per heavy atom. The minimum absolute atomic E-state index is 0.00837. The molecule has 4 heteroatoms. The monoisotopic (exact) mass is 921 g/mol. The molecule has 0 saturated heterocycles. The SMILES string of the molecule is Cc1ccccc1-c1cc2c3c(c1)N(c1ccc4c(c1)C(C)(C)CCC4(C)C)c1c(sc4ccc(C(C)(C)C)cc14)B3c1cc(C(C)(C)C)ccc1N2c1ccc(C(C)(C)C)cc1-c1ccccc1. The number of anilines is 6. The Morgan fingerprint density at radius 2 is 1.07 bits per heavy atom. The van der Waals surface area contributed by atoms with Crippen molar-refractivity contribution in [3.63, 3.8) is 0 Å². The number of hydrogen-bond donors (Lipinski definition) is 0. The Bertz CT molecular complexity index is 3360. The Labute approximate surface area is 417 Å². The van der Waals surface area contributed by atoms with Gasteiger partial charge in [0.25, 0.3) is 6.71 Å². The lowest BCUT2D eigenvalue weighted by Crippen LogP contribution is -2.60. The Morgan fingerprint density at radius 1 is 0.493 bits per heavy atom. The normalized spacial score (nSPS) is 16.0. The van der Waals surface area contributed by atoms with Gasteiger partial charge in [-0.15, -0.1) is 11.3 Å². The van der Waals surface area contributed by atoms with E-state index in [-0.39, 0.29) is 33.8 Å². The molecule has 3 heterocycles. The second-order valence-corrected chi connectivity index (χ2v) is 26.1. The van der Waals surface area contributed by atoms with Gasteiger partial charge in [-0.1, -0.05) is 175 Å². The van der Waals surface area contributed by atoms with E-state index in [9.17, 15) is 0 Å². The van der Waals surface area contributed by atoms with E-state index in [1.807, 2.05) is 11.3 Å². The molecule has 11 rings (SSSR count). The number of nitrogens with zero attached hydrogens (tertiary/aromatic N) is 2. The molecule has 0 saturated carbocycles. The summed E-state index contributed by atoms with van der Waals surface area (Å²) in [5, 5.41) is 1.34. The van der Waals surface area contributed by atoms with Gasteiger partial charge in [-0.2, -0.15) is 0 Å². The van der Waals surface area contributed by atoms with Gasteiger partial charge in [0.2, 0.25) is 0 Å². The van der Waals surface area contributed by atoms with Crippen LogP contribution in [0.3, 0.4) is 0 Å². The van der Waals surface area contributed by atoms with E-state index in [1.165, 1.54) is 122 Å². The molecule has 0 amide bonds. The second-order valence-electron chi connectivity index (χ2n) is 25.0. The van der Waals surface area contributed by atoms with Crippen LogP contribution in [0.2, 0.25) is 0 Å². The van der Waals surface area contributed by atoms with Crippen LogP contribution in [0.1, 0.15) is 136 Å². The summed E-state index contributed by atoms with van der Waals surface area (Å²) in [7, 11) is 0. The smallest absolute Gasteiger partial charge is 0.264 e. The molecule has 0 atom stereocenters. The van der Waals surface area contributed by atoms with Crippen molar-refractivity contribution in [2.75, 3.05) is 9.80 Å². The van der Waals surface area contributed by atoms with Gasteiger partial charge in [-0.05, 0) is 162 Å². The number of thiophene rings is 1. The molecule has 3 aliphatic rings. The third-order valence-electron chi connectivity index (χ3n) is 16.1. The summed E-state index contributed by atoms with van der Waals surface area (Å²) in [4.78, 5) is 5.37. The van der Waals surface area contributed by atoms with E-state index in [0.29, 0.717) is 0 Å². The van der Waals surface area contributed by atoms with Crippen LogP contribution < -0.4 is 25.5 Å². The summed E-state index contributed by atoms with van der Waals surface area (Å²) in [6, 6.07) is 54.7. The first-order valence-corrected chi connectivity index (χ1v) is 26.2. The molecule has 1 aromatic heterocycles. The predicted octanol–water partition coefficient (Wildman–Crippen LogP) is 16.9. The summed E-state index contributed by atoms with van der Waals surface area (Å²) in [5.41, 5.74) is 23.6. The van der Waals surface area contributed by atoms with Gasteiger partial charge in [0.15, 0.2) is 0 Å². The Balaban J connectivity index is 1.31. The fourth-order valence-electron chi connectivity index (χ4n) is 11.8. The molecule has 0 fully saturated rings. The quantitative estimate of drug-likeness (QED) is 0.162. The number of benzene rings is 7. The highest BCUT2D eigenvalue weighted by molar-refractivity contribution is 7.33. The zero-order chi connectivity index (χ0) is 48.7. The summed E-state index contributed by atoms with van der Waals surface area (Å²) >= 11 is 2.01. The van der Waals surface area contributed by atoms with Gasteiger partial charge < -0.3 is 9.80 Å². The van der Waals surface area contributed by atoms with E-state index in [2.05, 4.69) is 246 Å². The zero-order valence-corrected chi connectivity index (χ0v) is 44.4. The van der Waals surface area contributed by atoms with Crippen molar-refractivity contribution in [3.8, 4) is 22.3 Å². The van der Waals surface area contributed by atoms with Crippen LogP contribution in [-0.2, 0) is 27.1 Å².